The molecule has 1 aromatic rings. The van der Waals surface area contributed by atoms with Crippen LogP contribution in [0, 0.1) is 5.82 Å². The molecule has 6 heteroatoms. The molecule has 17 heavy (non-hydrogen) atoms. The highest BCUT2D eigenvalue weighted by Gasteiger charge is 2.15. The van der Waals surface area contributed by atoms with Crippen LogP contribution < -0.4 is 5.73 Å². The van der Waals surface area contributed by atoms with E-state index in [0.29, 0.717) is 4.90 Å². The first-order valence-electron chi connectivity index (χ1n) is 4.87. The van der Waals surface area contributed by atoms with E-state index in [0.717, 1.165) is 11.8 Å². The standard InChI is InChI=1S/C11H12FNO3S/c1-7(11(13)15)16-10(14)6-17-9-5-3-2-4-8(9)12/h2-5,7H,6H2,1H3,(H2,13,15)/t7-/m0/s1. The monoisotopic (exact) mass is 257 g/mol. The van der Waals surface area contributed by atoms with Gasteiger partial charge in [-0.3, -0.25) is 9.59 Å². The summed E-state index contributed by atoms with van der Waals surface area (Å²) in [7, 11) is 0. The van der Waals surface area contributed by atoms with Gasteiger partial charge in [0.05, 0.1) is 5.75 Å². The van der Waals surface area contributed by atoms with Gasteiger partial charge in [-0.2, -0.15) is 0 Å². The molecule has 0 heterocycles. The third kappa shape index (κ3) is 4.44. The fourth-order valence-corrected chi connectivity index (χ4v) is 1.71. The Morgan fingerprint density at radius 2 is 2.12 bits per heavy atom. The first-order valence-corrected chi connectivity index (χ1v) is 5.85. The van der Waals surface area contributed by atoms with Gasteiger partial charge in [0.15, 0.2) is 6.10 Å². The highest BCUT2D eigenvalue weighted by atomic mass is 32.2. The van der Waals surface area contributed by atoms with Crippen LogP contribution in [0.3, 0.4) is 0 Å². The molecule has 4 nitrogen and oxygen atoms in total. The summed E-state index contributed by atoms with van der Waals surface area (Å²) in [6, 6.07) is 6.10. The van der Waals surface area contributed by atoms with Crippen LogP contribution in [-0.2, 0) is 14.3 Å². The van der Waals surface area contributed by atoms with Gasteiger partial charge in [0.1, 0.15) is 5.82 Å². The van der Waals surface area contributed by atoms with Gasteiger partial charge in [0, 0.05) is 4.90 Å². The van der Waals surface area contributed by atoms with Crippen molar-refractivity contribution in [3.63, 3.8) is 0 Å². The summed E-state index contributed by atoms with van der Waals surface area (Å²) in [5.74, 6) is -1.79. The predicted molar refractivity (Wildman–Crippen MR) is 61.9 cm³/mol. The maximum atomic E-state index is 13.2. The zero-order chi connectivity index (χ0) is 12.8. The molecule has 0 aromatic heterocycles. The Morgan fingerprint density at radius 1 is 1.47 bits per heavy atom. The summed E-state index contributed by atoms with van der Waals surface area (Å²) in [4.78, 5) is 22.3. The number of benzene rings is 1. The minimum atomic E-state index is -0.969. The van der Waals surface area contributed by atoms with E-state index in [1.54, 1.807) is 18.2 Å². The highest BCUT2D eigenvalue weighted by molar-refractivity contribution is 8.00. The van der Waals surface area contributed by atoms with E-state index >= 15 is 0 Å². The molecule has 0 bridgehead atoms. The van der Waals surface area contributed by atoms with Crippen molar-refractivity contribution in [2.45, 2.75) is 17.9 Å². The number of esters is 1. The van der Waals surface area contributed by atoms with Crippen molar-refractivity contribution in [3.8, 4) is 0 Å². The normalized spacial score (nSPS) is 11.9. The Morgan fingerprint density at radius 3 is 2.71 bits per heavy atom. The van der Waals surface area contributed by atoms with Crippen molar-refractivity contribution in [1.82, 2.24) is 0 Å². The molecule has 1 rings (SSSR count). The Kier molecular flexibility index (Phi) is 4.96. The summed E-state index contributed by atoms with van der Waals surface area (Å²) >= 11 is 1.01. The van der Waals surface area contributed by atoms with E-state index in [1.807, 2.05) is 0 Å². The molecule has 92 valence electrons. The average Bonchev–Trinajstić information content (AvgIpc) is 2.27. The van der Waals surface area contributed by atoms with Crippen LogP contribution in [-0.4, -0.2) is 23.7 Å². The van der Waals surface area contributed by atoms with E-state index in [-0.39, 0.29) is 5.75 Å². The van der Waals surface area contributed by atoms with Gasteiger partial charge in [0.2, 0.25) is 0 Å². The Bertz CT molecular complexity index is 425. The van der Waals surface area contributed by atoms with Crippen LogP contribution >= 0.6 is 11.8 Å². The fourth-order valence-electron chi connectivity index (χ4n) is 0.988. The van der Waals surface area contributed by atoms with Crippen LogP contribution in [0.2, 0.25) is 0 Å². The molecule has 2 N–H and O–H groups in total. The minimum Gasteiger partial charge on any atom is -0.452 e. The highest BCUT2D eigenvalue weighted by Crippen LogP contribution is 2.21. The zero-order valence-corrected chi connectivity index (χ0v) is 10.00. The molecule has 1 amide bonds. The SMILES string of the molecule is C[C@H](OC(=O)CSc1ccccc1F)C(N)=O. The number of amides is 1. The Balaban J connectivity index is 2.44. The molecule has 1 aromatic carbocycles. The molecular weight excluding hydrogens is 245 g/mol. The Labute approximate surface area is 102 Å². The summed E-state index contributed by atoms with van der Waals surface area (Å²) in [6.07, 6.45) is -0.969. The number of rotatable bonds is 5. The van der Waals surface area contributed by atoms with Gasteiger partial charge in [-0.05, 0) is 19.1 Å². The molecule has 1 atom stereocenters. The number of hydrogen-bond acceptors (Lipinski definition) is 4. The van der Waals surface area contributed by atoms with Gasteiger partial charge in [-0.15, -0.1) is 11.8 Å². The van der Waals surface area contributed by atoms with Crippen LogP contribution in [0.25, 0.3) is 0 Å². The molecule has 0 radical (unpaired) electrons. The van der Waals surface area contributed by atoms with Crippen LogP contribution in [0.1, 0.15) is 6.92 Å². The summed E-state index contributed by atoms with van der Waals surface area (Å²) in [6.45, 7) is 1.38. The molecule has 0 unspecified atom stereocenters. The van der Waals surface area contributed by atoms with Gasteiger partial charge < -0.3 is 10.5 Å². The van der Waals surface area contributed by atoms with Gasteiger partial charge in [0.25, 0.3) is 5.91 Å². The topological polar surface area (TPSA) is 69.4 Å². The number of primary amides is 1. The van der Waals surface area contributed by atoms with E-state index < -0.39 is 23.8 Å². The average molecular weight is 257 g/mol. The van der Waals surface area contributed by atoms with Crippen molar-refractivity contribution in [2.75, 3.05) is 5.75 Å². The maximum Gasteiger partial charge on any atom is 0.317 e. The van der Waals surface area contributed by atoms with Crippen LogP contribution in [0.15, 0.2) is 29.2 Å². The maximum absolute atomic E-state index is 13.2. The third-order valence-electron chi connectivity index (χ3n) is 1.89. The molecule has 0 aliphatic heterocycles. The van der Waals surface area contributed by atoms with E-state index in [9.17, 15) is 14.0 Å². The fraction of sp³-hybridized carbons (Fsp3) is 0.273. The molecule has 0 aliphatic carbocycles. The summed E-state index contributed by atoms with van der Waals surface area (Å²) in [5, 5.41) is 0. The second kappa shape index (κ2) is 6.24. The zero-order valence-electron chi connectivity index (χ0n) is 9.18. The number of hydrogen-bond donors (Lipinski definition) is 1. The number of ether oxygens (including phenoxy) is 1. The largest absolute Gasteiger partial charge is 0.452 e. The lowest BCUT2D eigenvalue weighted by molar-refractivity contribution is -0.151. The third-order valence-corrected chi connectivity index (χ3v) is 2.91. The molecule has 0 spiro atoms. The van der Waals surface area contributed by atoms with Crippen molar-refractivity contribution >= 4 is 23.6 Å². The molecular formula is C11H12FNO3S. The van der Waals surface area contributed by atoms with Crippen molar-refractivity contribution in [3.05, 3.63) is 30.1 Å². The Hall–Kier alpha value is -1.56. The number of carbonyl (C=O) groups excluding carboxylic acids is 2. The smallest absolute Gasteiger partial charge is 0.317 e. The lowest BCUT2D eigenvalue weighted by Gasteiger charge is -2.09. The van der Waals surface area contributed by atoms with Gasteiger partial charge in [-0.1, -0.05) is 12.1 Å². The van der Waals surface area contributed by atoms with E-state index in [2.05, 4.69) is 0 Å². The number of halogens is 1. The quantitative estimate of drug-likeness (QED) is 0.638. The lowest BCUT2D eigenvalue weighted by atomic mass is 10.3. The first-order chi connectivity index (χ1) is 8.00. The lowest BCUT2D eigenvalue weighted by Crippen LogP contribution is -2.31. The van der Waals surface area contributed by atoms with Crippen molar-refractivity contribution in [2.24, 2.45) is 5.73 Å². The van der Waals surface area contributed by atoms with E-state index in [4.69, 9.17) is 10.5 Å². The molecule has 0 saturated heterocycles. The van der Waals surface area contributed by atoms with Crippen molar-refractivity contribution in [1.29, 1.82) is 0 Å². The number of nitrogens with two attached hydrogens (primary N) is 1. The number of carbonyl (C=O) groups is 2. The minimum absolute atomic E-state index is 0.0709. The van der Waals surface area contributed by atoms with Gasteiger partial charge in [-0.25, -0.2) is 4.39 Å². The molecule has 0 aliphatic rings. The van der Waals surface area contributed by atoms with Crippen LogP contribution in [0.4, 0.5) is 4.39 Å². The van der Waals surface area contributed by atoms with Crippen molar-refractivity contribution < 1.29 is 18.7 Å². The predicted octanol–water partition coefficient (Wildman–Crippen LogP) is 1.33. The van der Waals surface area contributed by atoms with Gasteiger partial charge >= 0.3 is 5.97 Å². The molecule has 0 fully saturated rings. The summed E-state index contributed by atoms with van der Waals surface area (Å²) in [5.41, 5.74) is 4.93. The second-order valence-electron chi connectivity index (χ2n) is 3.25. The number of thioether (sulfide) groups is 1. The second-order valence-corrected chi connectivity index (χ2v) is 4.27. The molecule has 0 saturated carbocycles. The first kappa shape index (κ1) is 13.5. The van der Waals surface area contributed by atoms with E-state index in [1.165, 1.54) is 13.0 Å². The summed E-state index contributed by atoms with van der Waals surface area (Å²) < 4.78 is 17.9. The van der Waals surface area contributed by atoms with Crippen LogP contribution in [0.5, 0.6) is 0 Å².